The Morgan fingerprint density at radius 3 is 2.56 bits per heavy atom. The molecule has 1 amide bonds. The van der Waals surface area contributed by atoms with Crippen molar-refractivity contribution >= 4 is 22.6 Å². The van der Waals surface area contributed by atoms with Gasteiger partial charge in [-0.1, -0.05) is 13.8 Å². The SMILES string of the molecule is CC(=O)Nc1cc2c(-c3cc(OCC(C)C)c(=O)n(C(C)C(C)(F)F)n3)cn(C)c2cn1. The number of carbonyl (C=O) groups is 1. The van der Waals surface area contributed by atoms with Crippen LogP contribution in [0.3, 0.4) is 0 Å². The van der Waals surface area contributed by atoms with Crippen LogP contribution in [0.5, 0.6) is 5.75 Å². The molecule has 0 saturated heterocycles. The summed E-state index contributed by atoms with van der Waals surface area (Å²) >= 11 is 0. The fraction of sp³-hybridized carbons (Fsp3) is 0.455. The van der Waals surface area contributed by atoms with Gasteiger partial charge in [-0.3, -0.25) is 9.59 Å². The summed E-state index contributed by atoms with van der Waals surface area (Å²) in [5, 5.41) is 7.59. The molecule has 0 aliphatic rings. The number of fused-ring (bicyclic) bond motifs is 1. The zero-order chi connectivity index (χ0) is 23.8. The van der Waals surface area contributed by atoms with Crippen molar-refractivity contribution in [3.05, 3.63) is 34.9 Å². The summed E-state index contributed by atoms with van der Waals surface area (Å²) in [6.07, 6.45) is 3.36. The number of rotatable bonds is 7. The smallest absolute Gasteiger partial charge is 0.309 e. The second-order valence-electron chi connectivity index (χ2n) is 8.40. The third kappa shape index (κ3) is 4.79. The summed E-state index contributed by atoms with van der Waals surface area (Å²) in [4.78, 5) is 28.5. The van der Waals surface area contributed by atoms with Gasteiger partial charge in [-0.25, -0.2) is 18.4 Å². The van der Waals surface area contributed by atoms with Crippen molar-refractivity contribution in [2.24, 2.45) is 13.0 Å². The van der Waals surface area contributed by atoms with Crippen LogP contribution < -0.4 is 15.6 Å². The first-order valence-electron chi connectivity index (χ1n) is 10.3. The number of nitrogens with one attached hydrogen (secondary N) is 1. The minimum Gasteiger partial charge on any atom is -0.488 e. The normalized spacial score (nSPS) is 12.9. The van der Waals surface area contributed by atoms with Crippen LogP contribution in [0.1, 0.15) is 40.7 Å². The molecule has 10 heteroatoms. The molecule has 0 spiro atoms. The van der Waals surface area contributed by atoms with Crippen molar-refractivity contribution in [3.8, 4) is 17.0 Å². The van der Waals surface area contributed by atoms with Gasteiger partial charge >= 0.3 is 5.56 Å². The minimum absolute atomic E-state index is 0.0482. The maximum Gasteiger partial charge on any atom is 0.309 e. The monoisotopic (exact) mass is 447 g/mol. The van der Waals surface area contributed by atoms with E-state index >= 15 is 0 Å². The molecule has 0 aliphatic carbocycles. The minimum atomic E-state index is -3.17. The van der Waals surface area contributed by atoms with Gasteiger partial charge in [0, 0.05) is 44.1 Å². The van der Waals surface area contributed by atoms with Gasteiger partial charge in [-0.05, 0) is 18.9 Å². The molecule has 0 radical (unpaired) electrons. The Morgan fingerprint density at radius 2 is 1.97 bits per heavy atom. The molecule has 1 atom stereocenters. The van der Waals surface area contributed by atoms with Crippen LogP contribution in [0.15, 0.2) is 29.3 Å². The van der Waals surface area contributed by atoms with E-state index < -0.39 is 17.5 Å². The zero-order valence-electron chi connectivity index (χ0n) is 18.9. The topological polar surface area (TPSA) is 91.0 Å². The molecule has 8 nitrogen and oxygen atoms in total. The van der Waals surface area contributed by atoms with Crippen LogP contribution in [0.25, 0.3) is 22.2 Å². The van der Waals surface area contributed by atoms with Gasteiger partial charge in [-0.15, -0.1) is 0 Å². The number of amides is 1. The molecular weight excluding hydrogens is 420 g/mol. The first-order valence-corrected chi connectivity index (χ1v) is 10.3. The van der Waals surface area contributed by atoms with Crippen LogP contribution in [0, 0.1) is 5.92 Å². The van der Waals surface area contributed by atoms with Gasteiger partial charge in [0.25, 0.3) is 5.92 Å². The van der Waals surface area contributed by atoms with Crippen LogP contribution >= 0.6 is 0 Å². The summed E-state index contributed by atoms with van der Waals surface area (Å²) in [5.41, 5.74) is 0.910. The van der Waals surface area contributed by atoms with Crippen LogP contribution in [0.2, 0.25) is 0 Å². The third-order valence-corrected chi connectivity index (χ3v) is 5.03. The Hall–Kier alpha value is -3.30. The Balaban J connectivity index is 2.24. The summed E-state index contributed by atoms with van der Waals surface area (Å²) in [6, 6.07) is 1.66. The van der Waals surface area contributed by atoms with E-state index in [1.807, 2.05) is 13.8 Å². The largest absolute Gasteiger partial charge is 0.488 e. The number of hydrogen-bond donors (Lipinski definition) is 1. The van der Waals surface area contributed by atoms with Crippen LogP contribution in [-0.2, 0) is 11.8 Å². The molecular formula is C22H27F2N5O3. The van der Waals surface area contributed by atoms with Crippen molar-refractivity contribution in [1.29, 1.82) is 0 Å². The van der Waals surface area contributed by atoms with Gasteiger partial charge in [-0.2, -0.15) is 5.10 Å². The van der Waals surface area contributed by atoms with Crippen LogP contribution in [-0.4, -0.2) is 37.8 Å². The highest BCUT2D eigenvalue weighted by molar-refractivity contribution is 5.98. The molecule has 3 heterocycles. The lowest BCUT2D eigenvalue weighted by atomic mass is 10.1. The lowest BCUT2D eigenvalue weighted by Crippen LogP contribution is -2.36. The predicted octanol–water partition coefficient (Wildman–Crippen LogP) is 4.01. The molecule has 0 aromatic carbocycles. The third-order valence-electron chi connectivity index (χ3n) is 5.03. The highest BCUT2D eigenvalue weighted by Crippen LogP contribution is 2.33. The van der Waals surface area contributed by atoms with E-state index in [9.17, 15) is 18.4 Å². The molecule has 0 fully saturated rings. The van der Waals surface area contributed by atoms with Crippen molar-refractivity contribution in [3.63, 3.8) is 0 Å². The first kappa shape index (κ1) is 23.4. The average Bonchev–Trinajstić information content (AvgIpc) is 3.01. The van der Waals surface area contributed by atoms with Crippen LogP contribution in [0.4, 0.5) is 14.6 Å². The zero-order valence-corrected chi connectivity index (χ0v) is 18.9. The number of anilines is 1. The number of aryl methyl sites for hydroxylation is 1. The number of alkyl halides is 2. The van der Waals surface area contributed by atoms with E-state index in [0.29, 0.717) is 22.5 Å². The van der Waals surface area contributed by atoms with E-state index in [1.54, 1.807) is 30.1 Å². The lowest BCUT2D eigenvalue weighted by molar-refractivity contribution is -0.114. The van der Waals surface area contributed by atoms with Gasteiger partial charge in [0.1, 0.15) is 11.9 Å². The molecule has 32 heavy (non-hydrogen) atoms. The van der Waals surface area contributed by atoms with Crippen molar-refractivity contribution in [2.45, 2.75) is 46.6 Å². The Labute approximate surface area is 184 Å². The molecule has 0 aliphatic heterocycles. The highest BCUT2D eigenvalue weighted by Gasteiger charge is 2.34. The van der Waals surface area contributed by atoms with Crippen molar-refractivity contribution in [2.75, 3.05) is 11.9 Å². The second-order valence-corrected chi connectivity index (χ2v) is 8.40. The molecule has 1 N–H and O–H groups in total. The van der Waals surface area contributed by atoms with E-state index in [1.165, 1.54) is 19.9 Å². The lowest BCUT2D eigenvalue weighted by Gasteiger charge is -2.22. The maximum atomic E-state index is 14.1. The molecule has 3 aromatic rings. The highest BCUT2D eigenvalue weighted by atomic mass is 19.3. The predicted molar refractivity (Wildman–Crippen MR) is 118 cm³/mol. The number of nitrogens with zero attached hydrogens (tertiary/aromatic N) is 4. The maximum absolute atomic E-state index is 14.1. The van der Waals surface area contributed by atoms with Gasteiger partial charge < -0.3 is 14.6 Å². The number of halogens is 2. The standard InChI is InChI=1S/C22H27F2N5O3/c1-12(2)11-32-19-8-17(27-29(21(19)31)13(3)22(5,23)24)16-10-28(6)18-9-25-20(7-15(16)18)26-14(4)30/h7-10,12-13H,11H2,1-6H3,(H,25,26,30). The summed E-state index contributed by atoms with van der Waals surface area (Å²) < 4.78 is 36.4. The van der Waals surface area contributed by atoms with Gasteiger partial charge in [0.2, 0.25) is 5.91 Å². The molecule has 3 rings (SSSR count). The van der Waals surface area contributed by atoms with E-state index in [4.69, 9.17) is 4.74 Å². The fourth-order valence-electron chi connectivity index (χ4n) is 3.19. The fourth-order valence-corrected chi connectivity index (χ4v) is 3.19. The Bertz CT molecular complexity index is 1210. The first-order chi connectivity index (χ1) is 14.9. The number of ether oxygens (including phenoxy) is 1. The number of pyridine rings is 1. The van der Waals surface area contributed by atoms with Crippen molar-refractivity contribution in [1.82, 2.24) is 19.3 Å². The van der Waals surface area contributed by atoms with E-state index in [2.05, 4.69) is 15.4 Å². The summed E-state index contributed by atoms with van der Waals surface area (Å²) in [5.74, 6) is -3.02. The van der Waals surface area contributed by atoms with E-state index in [0.717, 1.165) is 17.1 Å². The number of aromatic nitrogens is 4. The molecule has 1 unspecified atom stereocenters. The molecule has 3 aromatic heterocycles. The molecule has 172 valence electrons. The second kappa shape index (κ2) is 8.68. The average molecular weight is 447 g/mol. The summed E-state index contributed by atoms with van der Waals surface area (Å²) in [7, 11) is 1.81. The number of hydrogen-bond acceptors (Lipinski definition) is 5. The molecule has 0 bridgehead atoms. The summed E-state index contributed by atoms with van der Waals surface area (Å²) in [6.45, 7) is 7.46. The molecule has 0 saturated carbocycles. The Morgan fingerprint density at radius 1 is 1.28 bits per heavy atom. The Kier molecular flexibility index (Phi) is 6.34. The van der Waals surface area contributed by atoms with E-state index in [-0.39, 0.29) is 24.2 Å². The number of carbonyl (C=O) groups excluding carboxylic acids is 1. The van der Waals surface area contributed by atoms with Gasteiger partial charge in [0.15, 0.2) is 5.75 Å². The quantitative estimate of drug-likeness (QED) is 0.591. The van der Waals surface area contributed by atoms with Gasteiger partial charge in [0.05, 0.1) is 24.0 Å². The van der Waals surface area contributed by atoms with Crippen molar-refractivity contribution < 1.29 is 18.3 Å².